The zero-order valence-corrected chi connectivity index (χ0v) is 20.2. The van der Waals surface area contributed by atoms with E-state index in [9.17, 15) is 4.79 Å². The summed E-state index contributed by atoms with van der Waals surface area (Å²) in [6.07, 6.45) is 2.01. The molecule has 6 heteroatoms. The van der Waals surface area contributed by atoms with Gasteiger partial charge in [-0.3, -0.25) is 9.20 Å². The van der Waals surface area contributed by atoms with E-state index in [4.69, 9.17) is 9.72 Å². The number of hydrogen-bond donors (Lipinski definition) is 1. The number of carbonyl (C=O) groups excluding carboxylic acids is 1. The average molecular weight is 480 g/mol. The Hall–Kier alpha value is -4.03. The summed E-state index contributed by atoms with van der Waals surface area (Å²) < 4.78 is 7.86. The number of nitrogens with one attached hydrogen (secondary N) is 1. The van der Waals surface area contributed by atoms with Gasteiger partial charge in [0.15, 0.2) is 0 Å². The first-order chi connectivity index (χ1) is 17.2. The standard InChI is InChI=1S/C29H25N3O2S/c1-21-16-17-32-26(18-21)31-28(29(32)30-19-22-10-4-2-5-11-22)24-14-8-9-15-25(24)34-27(33)20-35-23-12-6-3-7-13-23/h2-18,30H,19-20H2,1H3. The molecule has 1 N–H and O–H groups in total. The number of carbonyl (C=O) groups is 1. The quantitative estimate of drug-likeness (QED) is 0.154. The van der Waals surface area contributed by atoms with Crippen LogP contribution in [0.15, 0.2) is 108 Å². The molecule has 0 spiro atoms. The number of pyridine rings is 1. The third-order valence-corrected chi connectivity index (χ3v) is 6.54. The number of ether oxygens (including phenoxy) is 1. The first-order valence-electron chi connectivity index (χ1n) is 11.4. The lowest BCUT2D eigenvalue weighted by atomic mass is 10.1. The molecule has 2 heterocycles. The molecule has 0 radical (unpaired) electrons. The monoisotopic (exact) mass is 479 g/mol. The molecule has 0 bridgehead atoms. The molecule has 0 aliphatic heterocycles. The number of fused-ring (bicyclic) bond motifs is 1. The van der Waals surface area contributed by atoms with Gasteiger partial charge < -0.3 is 10.1 Å². The van der Waals surface area contributed by atoms with Crippen molar-refractivity contribution < 1.29 is 9.53 Å². The van der Waals surface area contributed by atoms with Crippen LogP contribution in [0.3, 0.4) is 0 Å². The Balaban J connectivity index is 1.45. The van der Waals surface area contributed by atoms with Gasteiger partial charge >= 0.3 is 5.97 Å². The summed E-state index contributed by atoms with van der Waals surface area (Å²) in [6.45, 7) is 2.69. The van der Waals surface area contributed by atoms with Crippen LogP contribution in [0.2, 0.25) is 0 Å². The maximum Gasteiger partial charge on any atom is 0.321 e. The smallest absolute Gasteiger partial charge is 0.321 e. The average Bonchev–Trinajstić information content (AvgIpc) is 3.25. The molecule has 0 aliphatic carbocycles. The Kier molecular flexibility index (Phi) is 6.82. The number of esters is 1. The predicted molar refractivity (Wildman–Crippen MR) is 142 cm³/mol. The number of hydrogen-bond acceptors (Lipinski definition) is 5. The Morgan fingerprint density at radius 2 is 1.66 bits per heavy atom. The van der Waals surface area contributed by atoms with Gasteiger partial charge in [-0.1, -0.05) is 60.7 Å². The van der Waals surface area contributed by atoms with Crippen LogP contribution in [0.4, 0.5) is 5.82 Å². The van der Waals surface area contributed by atoms with Crippen LogP contribution < -0.4 is 10.1 Å². The highest BCUT2D eigenvalue weighted by Crippen LogP contribution is 2.36. The molecule has 0 amide bonds. The van der Waals surface area contributed by atoms with Gasteiger partial charge in [0.2, 0.25) is 0 Å². The summed E-state index contributed by atoms with van der Waals surface area (Å²) in [4.78, 5) is 18.6. The summed E-state index contributed by atoms with van der Waals surface area (Å²) in [6, 6.07) is 31.7. The van der Waals surface area contributed by atoms with Crippen LogP contribution in [-0.4, -0.2) is 21.1 Å². The molecule has 5 aromatic rings. The number of rotatable bonds is 8. The van der Waals surface area contributed by atoms with Gasteiger partial charge in [-0.2, -0.15) is 0 Å². The van der Waals surface area contributed by atoms with E-state index in [1.54, 1.807) is 0 Å². The first kappa shape index (κ1) is 22.7. The van der Waals surface area contributed by atoms with E-state index in [0.29, 0.717) is 12.3 Å². The van der Waals surface area contributed by atoms with E-state index >= 15 is 0 Å². The molecule has 0 atom stereocenters. The summed E-state index contributed by atoms with van der Waals surface area (Å²) in [5.41, 5.74) is 4.63. The van der Waals surface area contributed by atoms with Crippen molar-refractivity contribution in [2.24, 2.45) is 0 Å². The van der Waals surface area contributed by atoms with E-state index in [2.05, 4.69) is 23.5 Å². The maximum absolute atomic E-state index is 12.7. The minimum Gasteiger partial charge on any atom is -0.425 e. The molecule has 0 saturated carbocycles. The number of imidazole rings is 1. The van der Waals surface area contributed by atoms with Crippen molar-refractivity contribution in [3.63, 3.8) is 0 Å². The fourth-order valence-corrected chi connectivity index (χ4v) is 4.54. The van der Waals surface area contributed by atoms with Gasteiger partial charge in [0.1, 0.15) is 22.9 Å². The van der Waals surface area contributed by atoms with Gasteiger partial charge in [-0.05, 0) is 54.4 Å². The zero-order valence-electron chi connectivity index (χ0n) is 19.3. The van der Waals surface area contributed by atoms with Crippen LogP contribution in [0.5, 0.6) is 5.75 Å². The van der Waals surface area contributed by atoms with Gasteiger partial charge in [0.25, 0.3) is 0 Å². The normalized spacial score (nSPS) is 10.9. The molecular weight excluding hydrogens is 454 g/mol. The van der Waals surface area contributed by atoms with E-state index in [1.807, 2.05) is 96.4 Å². The van der Waals surface area contributed by atoms with Crippen molar-refractivity contribution >= 4 is 29.2 Å². The molecule has 35 heavy (non-hydrogen) atoms. The van der Waals surface area contributed by atoms with Crippen molar-refractivity contribution in [2.45, 2.75) is 18.4 Å². The molecular formula is C29H25N3O2S. The third kappa shape index (κ3) is 5.39. The Labute approximate surface area is 208 Å². The second-order valence-corrected chi connectivity index (χ2v) is 9.20. The summed E-state index contributed by atoms with van der Waals surface area (Å²) in [5, 5.41) is 3.55. The van der Waals surface area contributed by atoms with Crippen molar-refractivity contribution in [3.05, 3.63) is 114 Å². The lowest BCUT2D eigenvalue weighted by Gasteiger charge is -2.12. The molecule has 0 unspecified atom stereocenters. The lowest BCUT2D eigenvalue weighted by molar-refractivity contribution is -0.131. The van der Waals surface area contributed by atoms with Gasteiger partial charge in [0.05, 0.1) is 5.75 Å². The van der Waals surface area contributed by atoms with E-state index in [0.717, 1.165) is 38.7 Å². The van der Waals surface area contributed by atoms with Crippen LogP contribution >= 0.6 is 11.8 Å². The highest BCUT2D eigenvalue weighted by atomic mass is 32.2. The Morgan fingerprint density at radius 3 is 2.46 bits per heavy atom. The number of benzene rings is 3. The molecule has 5 nitrogen and oxygen atoms in total. The lowest BCUT2D eigenvalue weighted by Crippen LogP contribution is -2.11. The number of aromatic nitrogens is 2. The van der Waals surface area contributed by atoms with Crippen LogP contribution in [0.25, 0.3) is 16.9 Å². The summed E-state index contributed by atoms with van der Waals surface area (Å²) in [7, 11) is 0. The van der Waals surface area contributed by atoms with Crippen LogP contribution in [0.1, 0.15) is 11.1 Å². The van der Waals surface area contributed by atoms with Crippen LogP contribution in [-0.2, 0) is 11.3 Å². The van der Waals surface area contributed by atoms with E-state index in [1.165, 1.54) is 11.8 Å². The maximum atomic E-state index is 12.7. The van der Waals surface area contributed by atoms with Crippen molar-refractivity contribution in [1.82, 2.24) is 9.38 Å². The second-order valence-electron chi connectivity index (χ2n) is 8.15. The fraction of sp³-hybridized carbons (Fsp3) is 0.103. The second kappa shape index (κ2) is 10.5. The van der Waals surface area contributed by atoms with Crippen LogP contribution in [0, 0.1) is 6.92 Å². The number of thioether (sulfide) groups is 1. The van der Waals surface area contributed by atoms with E-state index < -0.39 is 0 Å². The first-order valence-corrected chi connectivity index (χ1v) is 12.4. The Bertz CT molecular complexity index is 1450. The summed E-state index contributed by atoms with van der Waals surface area (Å²) in [5.74, 6) is 1.27. The van der Waals surface area contributed by atoms with Crippen molar-refractivity contribution in [2.75, 3.05) is 11.1 Å². The molecule has 0 fully saturated rings. The molecule has 0 aliphatic rings. The topological polar surface area (TPSA) is 55.6 Å². The van der Waals surface area contributed by atoms with Gasteiger partial charge in [0, 0.05) is 23.2 Å². The number of anilines is 1. The van der Waals surface area contributed by atoms with Crippen molar-refractivity contribution in [3.8, 4) is 17.0 Å². The van der Waals surface area contributed by atoms with E-state index in [-0.39, 0.29) is 11.7 Å². The largest absolute Gasteiger partial charge is 0.425 e. The highest BCUT2D eigenvalue weighted by Gasteiger charge is 2.19. The molecule has 3 aromatic carbocycles. The number of nitrogens with zero attached hydrogens (tertiary/aromatic N) is 2. The Morgan fingerprint density at radius 1 is 0.943 bits per heavy atom. The van der Waals surface area contributed by atoms with Gasteiger partial charge in [-0.15, -0.1) is 11.8 Å². The van der Waals surface area contributed by atoms with Crippen molar-refractivity contribution in [1.29, 1.82) is 0 Å². The molecule has 174 valence electrons. The third-order valence-electron chi connectivity index (χ3n) is 5.55. The fourth-order valence-electron chi connectivity index (χ4n) is 3.85. The SMILES string of the molecule is Cc1ccn2c(NCc3ccccc3)c(-c3ccccc3OC(=O)CSc3ccccc3)nc2c1. The molecule has 2 aromatic heterocycles. The highest BCUT2D eigenvalue weighted by molar-refractivity contribution is 8.00. The minimum absolute atomic E-state index is 0.224. The summed E-state index contributed by atoms with van der Waals surface area (Å²) >= 11 is 1.46. The molecule has 5 rings (SSSR count). The number of para-hydroxylation sites is 1. The predicted octanol–water partition coefficient (Wildman–Crippen LogP) is 6.62. The molecule has 0 saturated heterocycles. The number of aryl methyl sites for hydroxylation is 1. The minimum atomic E-state index is -0.301. The zero-order chi connectivity index (χ0) is 24.0. The van der Waals surface area contributed by atoms with Gasteiger partial charge in [-0.25, -0.2) is 4.98 Å².